The van der Waals surface area contributed by atoms with Gasteiger partial charge in [-0.2, -0.15) is 0 Å². The first-order valence-electron chi connectivity index (χ1n) is 6.12. The fraction of sp³-hybridized carbons (Fsp3) is 0.692. The highest BCUT2D eigenvalue weighted by molar-refractivity contribution is 5.75. The van der Waals surface area contributed by atoms with Gasteiger partial charge in [0, 0.05) is 0 Å². The van der Waals surface area contributed by atoms with E-state index in [0.717, 1.165) is 0 Å². The predicted octanol–water partition coefficient (Wildman–Crippen LogP) is 1.70. The summed E-state index contributed by atoms with van der Waals surface area (Å²) < 4.78 is 15.0. The lowest BCUT2D eigenvalue weighted by molar-refractivity contribution is -0.160. The van der Waals surface area contributed by atoms with E-state index >= 15 is 0 Å². The summed E-state index contributed by atoms with van der Waals surface area (Å²) >= 11 is 0. The van der Waals surface area contributed by atoms with Gasteiger partial charge in [-0.3, -0.25) is 9.69 Å². The third kappa shape index (κ3) is 4.55. The number of ether oxygens (including phenoxy) is 1. The molecule has 0 fully saturated rings. The lowest BCUT2D eigenvalue weighted by Gasteiger charge is -2.26. The monoisotopic (exact) mass is 271 g/mol. The Bertz CT molecular complexity index is 494. The van der Waals surface area contributed by atoms with Crippen molar-refractivity contribution in [1.82, 2.24) is 4.90 Å². The van der Waals surface area contributed by atoms with Crippen LogP contribution in [0.15, 0.2) is 13.6 Å². The van der Waals surface area contributed by atoms with Crippen molar-refractivity contribution in [3.8, 4) is 0 Å². The molecule has 0 amide bonds. The van der Waals surface area contributed by atoms with Gasteiger partial charge in [0.1, 0.15) is 17.4 Å². The van der Waals surface area contributed by atoms with Crippen LogP contribution in [0.3, 0.4) is 0 Å². The second-order valence-electron chi connectivity index (χ2n) is 5.56. The fourth-order valence-electron chi connectivity index (χ4n) is 1.45. The van der Waals surface area contributed by atoms with Gasteiger partial charge in [0.15, 0.2) is 5.76 Å². The number of likely N-dealkylation sites (N-methyl/N-ethyl adjacent to an activating group) is 1. The maximum atomic E-state index is 11.9. The first-order chi connectivity index (χ1) is 8.60. The van der Waals surface area contributed by atoms with Gasteiger partial charge in [0.05, 0.1) is 6.54 Å². The summed E-state index contributed by atoms with van der Waals surface area (Å²) in [7, 11) is 1.75. The van der Waals surface area contributed by atoms with Crippen molar-refractivity contribution in [2.24, 2.45) is 0 Å². The zero-order valence-electron chi connectivity index (χ0n) is 12.3. The predicted molar refractivity (Wildman–Crippen MR) is 68.8 cm³/mol. The van der Waals surface area contributed by atoms with E-state index in [4.69, 9.17) is 13.6 Å². The maximum absolute atomic E-state index is 11.9. The molecule has 0 aliphatic rings. The van der Waals surface area contributed by atoms with Crippen LogP contribution >= 0.6 is 0 Å². The Hall–Kier alpha value is -1.56. The van der Waals surface area contributed by atoms with Crippen LogP contribution < -0.4 is 5.82 Å². The van der Waals surface area contributed by atoms with Crippen LogP contribution in [0.5, 0.6) is 0 Å². The molecule has 1 rings (SSSR count). The maximum Gasteiger partial charge on any atom is 0.519 e. The van der Waals surface area contributed by atoms with Gasteiger partial charge >= 0.3 is 11.8 Å². The van der Waals surface area contributed by atoms with E-state index in [1.165, 1.54) is 0 Å². The smallest absolute Gasteiger partial charge is 0.459 e. The molecule has 1 heterocycles. The highest BCUT2D eigenvalue weighted by atomic mass is 16.6. The van der Waals surface area contributed by atoms with E-state index < -0.39 is 17.5 Å². The molecule has 0 radical (unpaired) electrons. The summed E-state index contributed by atoms with van der Waals surface area (Å²) in [5.41, 5.74) is -0.524. The lowest BCUT2D eigenvalue weighted by atomic mass is 10.2. The first kappa shape index (κ1) is 15.5. The number of aryl methyl sites for hydroxylation is 1. The molecule has 0 aliphatic heterocycles. The molecule has 0 aromatic carbocycles. The van der Waals surface area contributed by atoms with Gasteiger partial charge in [-0.25, -0.2) is 4.79 Å². The van der Waals surface area contributed by atoms with Gasteiger partial charge in [-0.15, -0.1) is 0 Å². The van der Waals surface area contributed by atoms with Crippen LogP contribution in [0.2, 0.25) is 0 Å². The Morgan fingerprint density at radius 3 is 2.37 bits per heavy atom. The van der Waals surface area contributed by atoms with Crippen molar-refractivity contribution >= 4 is 5.97 Å². The summed E-state index contributed by atoms with van der Waals surface area (Å²) in [6, 6.07) is -0.446. The molecule has 0 saturated carbocycles. The molecule has 108 valence electrons. The van der Waals surface area contributed by atoms with Crippen LogP contribution in [0.1, 0.15) is 39.2 Å². The normalized spacial score (nSPS) is 13.6. The highest BCUT2D eigenvalue weighted by Crippen LogP contribution is 2.13. The minimum absolute atomic E-state index is 0.304. The van der Waals surface area contributed by atoms with Crippen LogP contribution in [-0.2, 0) is 16.1 Å². The van der Waals surface area contributed by atoms with Crippen molar-refractivity contribution in [3.63, 3.8) is 0 Å². The number of carbonyl (C=O) groups is 1. The molecule has 0 saturated heterocycles. The Labute approximate surface area is 112 Å². The quantitative estimate of drug-likeness (QED) is 0.776. The standard InChI is InChI=1S/C13H21NO5/c1-8(11(15)19-13(3,4)5)14(6)7-10-9(2)17-12(16)18-10/h8H,7H2,1-6H3/t8-/m0/s1. The first-order valence-corrected chi connectivity index (χ1v) is 6.12. The average Bonchev–Trinajstić information content (AvgIpc) is 2.53. The largest absolute Gasteiger partial charge is 0.519 e. The number of hydrogen-bond acceptors (Lipinski definition) is 6. The zero-order valence-corrected chi connectivity index (χ0v) is 12.3. The molecule has 1 aromatic rings. The van der Waals surface area contributed by atoms with E-state index in [-0.39, 0.29) is 5.97 Å². The zero-order chi connectivity index (χ0) is 14.8. The average molecular weight is 271 g/mol. The summed E-state index contributed by atoms with van der Waals surface area (Å²) in [5, 5.41) is 0. The number of hydrogen-bond donors (Lipinski definition) is 0. The number of carbonyl (C=O) groups excluding carboxylic acids is 1. The van der Waals surface area contributed by atoms with Crippen LogP contribution in [0.25, 0.3) is 0 Å². The summed E-state index contributed by atoms with van der Waals surface area (Å²) in [5.74, 6) is -0.208. The van der Waals surface area contributed by atoms with Crippen LogP contribution in [0, 0.1) is 6.92 Å². The van der Waals surface area contributed by atoms with E-state index in [1.807, 2.05) is 20.8 Å². The lowest BCUT2D eigenvalue weighted by Crippen LogP contribution is -2.40. The molecular formula is C13H21NO5. The van der Waals surface area contributed by atoms with Crippen LogP contribution in [-0.4, -0.2) is 29.6 Å². The molecule has 1 aromatic heterocycles. The van der Waals surface area contributed by atoms with Gasteiger partial charge in [0.2, 0.25) is 0 Å². The van der Waals surface area contributed by atoms with Crippen molar-refractivity contribution in [2.45, 2.75) is 52.8 Å². The summed E-state index contributed by atoms with van der Waals surface area (Å²) in [6.07, 6.45) is 0. The fourth-order valence-corrected chi connectivity index (χ4v) is 1.45. The minimum Gasteiger partial charge on any atom is -0.459 e. The molecule has 19 heavy (non-hydrogen) atoms. The second-order valence-corrected chi connectivity index (χ2v) is 5.56. The number of esters is 1. The molecule has 1 atom stereocenters. The van der Waals surface area contributed by atoms with E-state index in [0.29, 0.717) is 18.1 Å². The molecule has 0 aliphatic carbocycles. The molecule has 0 unspecified atom stereocenters. The van der Waals surface area contributed by atoms with Gasteiger partial charge in [0.25, 0.3) is 0 Å². The SMILES string of the molecule is Cc1oc(=O)oc1CN(C)[C@@H](C)C(=O)OC(C)(C)C. The van der Waals surface area contributed by atoms with Gasteiger partial charge in [-0.1, -0.05) is 0 Å². The third-order valence-corrected chi connectivity index (χ3v) is 2.64. The molecule has 6 heteroatoms. The van der Waals surface area contributed by atoms with E-state index in [9.17, 15) is 9.59 Å². The Balaban J connectivity index is 2.67. The second kappa shape index (κ2) is 5.61. The third-order valence-electron chi connectivity index (χ3n) is 2.64. The molecule has 0 spiro atoms. The van der Waals surface area contributed by atoms with Gasteiger partial charge in [-0.05, 0) is 41.7 Å². The molecule has 0 bridgehead atoms. The summed E-state index contributed by atoms with van der Waals surface area (Å²) in [6.45, 7) is 9.14. The van der Waals surface area contributed by atoms with Crippen molar-refractivity contribution < 1.29 is 18.4 Å². The minimum atomic E-state index is -0.731. The van der Waals surface area contributed by atoms with Crippen molar-refractivity contribution in [1.29, 1.82) is 0 Å². The highest BCUT2D eigenvalue weighted by Gasteiger charge is 2.26. The molecule has 6 nitrogen and oxygen atoms in total. The van der Waals surface area contributed by atoms with Crippen molar-refractivity contribution in [3.05, 3.63) is 22.1 Å². The van der Waals surface area contributed by atoms with Crippen molar-refractivity contribution in [2.75, 3.05) is 7.05 Å². The molecular weight excluding hydrogens is 250 g/mol. The Morgan fingerprint density at radius 1 is 1.37 bits per heavy atom. The van der Waals surface area contributed by atoms with E-state index in [1.54, 1.807) is 25.8 Å². The van der Waals surface area contributed by atoms with Crippen LogP contribution in [0.4, 0.5) is 0 Å². The van der Waals surface area contributed by atoms with Gasteiger partial charge < -0.3 is 13.6 Å². The molecule has 0 N–H and O–H groups in total. The number of nitrogens with zero attached hydrogens (tertiary/aromatic N) is 1. The van der Waals surface area contributed by atoms with E-state index in [2.05, 4.69) is 0 Å². The topological polar surface area (TPSA) is 72.9 Å². The Kier molecular flexibility index (Phi) is 4.57. The summed E-state index contributed by atoms with van der Waals surface area (Å²) in [4.78, 5) is 24.6. The Morgan fingerprint density at radius 2 is 1.95 bits per heavy atom. The number of rotatable bonds is 4.